The van der Waals surface area contributed by atoms with Gasteiger partial charge in [0.05, 0.1) is 22.9 Å². The molecule has 2 aromatic heterocycles. The average molecular weight is 321 g/mol. The van der Waals surface area contributed by atoms with E-state index in [4.69, 9.17) is 17.3 Å². The molecular formula is C14H13ClN4OS. The molecule has 3 N–H and O–H groups in total. The van der Waals surface area contributed by atoms with Gasteiger partial charge < -0.3 is 11.1 Å². The van der Waals surface area contributed by atoms with E-state index >= 15 is 0 Å². The zero-order valence-electron chi connectivity index (χ0n) is 11.3. The van der Waals surface area contributed by atoms with E-state index in [1.165, 1.54) is 11.3 Å². The Kier molecular flexibility index (Phi) is 3.57. The lowest BCUT2D eigenvalue weighted by atomic mass is 10.2. The summed E-state index contributed by atoms with van der Waals surface area (Å²) in [6.45, 7) is 0.362. The zero-order chi connectivity index (χ0) is 15.0. The fourth-order valence-corrected chi connectivity index (χ4v) is 3.50. The Bertz CT molecular complexity index is 824. The summed E-state index contributed by atoms with van der Waals surface area (Å²) in [6, 6.07) is 7.36. The minimum absolute atomic E-state index is 0.213. The van der Waals surface area contributed by atoms with E-state index in [1.807, 2.05) is 31.4 Å². The Morgan fingerprint density at radius 2 is 2.29 bits per heavy atom. The van der Waals surface area contributed by atoms with Crippen LogP contribution >= 0.6 is 22.9 Å². The van der Waals surface area contributed by atoms with Crippen molar-refractivity contribution >= 4 is 44.6 Å². The van der Waals surface area contributed by atoms with Gasteiger partial charge in [0.1, 0.15) is 4.88 Å². The van der Waals surface area contributed by atoms with E-state index < -0.39 is 0 Å². The molecule has 0 atom stereocenters. The number of aryl methyl sites for hydroxylation is 1. The van der Waals surface area contributed by atoms with Gasteiger partial charge in [0.2, 0.25) is 0 Å². The molecular weight excluding hydrogens is 308 g/mol. The lowest BCUT2D eigenvalue weighted by Gasteiger charge is -2.02. The number of carbonyl (C=O) groups excluding carboxylic acids is 1. The number of carbonyl (C=O) groups is 1. The Labute approximate surface area is 130 Å². The summed E-state index contributed by atoms with van der Waals surface area (Å²) in [7, 11) is 1.83. The van der Waals surface area contributed by atoms with Crippen molar-refractivity contribution < 1.29 is 4.79 Å². The first kappa shape index (κ1) is 13.9. The number of nitrogen functional groups attached to an aromatic ring is 1. The fourth-order valence-electron chi connectivity index (χ4n) is 2.11. The maximum Gasteiger partial charge on any atom is 0.263 e. The maximum atomic E-state index is 12.3. The highest BCUT2D eigenvalue weighted by Gasteiger charge is 2.18. The number of amides is 1. The molecule has 1 aromatic carbocycles. The van der Waals surface area contributed by atoms with Crippen LogP contribution in [0.25, 0.3) is 10.1 Å². The van der Waals surface area contributed by atoms with E-state index in [2.05, 4.69) is 10.4 Å². The molecule has 108 valence electrons. The standard InChI is InChI=1S/C14H13ClN4OS/c1-19-6-5-8(18-19)7-17-14(20)13-12(16)11-9(15)3-2-4-10(11)21-13/h2-6H,7,16H2,1H3,(H,17,20). The number of nitrogens with one attached hydrogen (secondary N) is 1. The lowest BCUT2D eigenvalue weighted by Crippen LogP contribution is -2.23. The van der Waals surface area contributed by atoms with Crippen LogP contribution in [0.2, 0.25) is 5.02 Å². The number of hydrogen-bond acceptors (Lipinski definition) is 4. The molecule has 0 aliphatic rings. The van der Waals surface area contributed by atoms with E-state index in [0.29, 0.717) is 22.1 Å². The largest absolute Gasteiger partial charge is 0.397 e. The fraction of sp³-hybridized carbons (Fsp3) is 0.143. The topological polar surface area (TPSA) is 72.9 Å². The van der Waals surface area contributed by atoms with Gasteiger partial charge in [0.15, 0.2) is 0 Å². The van der Waals surface area contributed by atoms with Crippen molar-refractivity contribution in [1.29, 1.82) is 0 Å². The molecule has 0 bridgehead atoms. The average Bonchev–Trinajstić information content (AvgIpc) is 3.01. The van der Waals surface area contributed by atoms with Crippen molar-refractivity contribution in [3.05, 3.63) is 46.1 Å². The Balaban J connectivity index is 1.84. The molecule has 0 unspecified atom stereocenters. The van der Waals surface area contributed by atoms with Gasteiger partial charge >= 0.3 is 0 Å². The van der Waals surface area contributed by atoms with Crippen LogP contribution in [0.3, 0.4) is 0 Å². The van der Waals surface area contributed by atoms with Crippen LogP contribution in [0.4, 0.5) is 5.69 Å². The Morgan fingerprint density at radius 1 is 1.48 bits per heavy atom. The molecule has 21 heavy (non-hydrogen) atoms. The highest BCUT2D eigenvalue weighted by molar-refractivity contribution is 7.21. The number of halogens is 1. The smallest absolute Gasteiger partial charge is 0.263 e. The van der Waals surface area contributed by atoms with Gasteiger partial charge in [-0.3, -0.25) is 9.48 Å². The highest BCUT2D eigenvalue weighted by atomic mass is 35.5. The third-order valence-electron chi connectivity index (χ3n) is 3.11. The molecule has 0 spiro atoms. The molecule has 0 saturated carbocycles. The molecule has 2 heterocycles. The van der Waals surface area contributed by atoms with Crippen LogP contribution < -0.4 is 11.1 Å². The number of aromatic nitrogens is 2. The van der Waals surface area contributed by atoms with Gasteiger partial charge in [-0.15, -0.1) is 11.3 Å². The van der Waals surface area contributed by atoms with Crippen LogP contribution in [-0.2, 0) is 13.6 Å². The van der Waals surface area contributed by atoms with Gasteiger partial charge in [0, 0.05) is 23.3 Å². The number of fused-ring (bicyclic) bond motifs is 1. The third-order valence-corrected chi connectivity index (χ3v) is 4.59. The number of anilines is 1. The second-order valence-electron chi connectivity index (χ2n) is 4.62. The summed E-state index contributed by atoms with van der Waals surface area (Å²) in [6.07, 6.45) is 1.83. The van der Waals surface area contributed by atoms with Gasteiger partial charge in [-0.2, -0.15) is 5.10 Å². The number of nitrogens with zero attached hydrogens (tertiary/aromatic N) is 2. The van der Waals surface area contributed by atoms with Crippen molar-refractivity contribution in [1.82, 2.24) is 15.1 Å². The van der Waals surface area contributed by atoms with Crippen molar-refractivity contribution in [2.45, 2.75) is 6.54 Å². The molecule has 1 amide bonds. The van der Waals surface area contributed by atoms with E-state index in [0.717, 1.165) is 15.8 Å². The van der Waals surface area contributed by atoms with E-state index in [1.54, 1.807) is 10.7 Å². The van der Waals surface area contributed by atoms with E-state index in [-0.39, 0.29) is 5.91 Å². The SMILES string of the molecule is Cn1ccc(CNC(=O)c2sc3cccc(Cl)c3c2N)n1. The third kappa shape index (κ3) is 2.59. The zero-order valence-corrected chi connectivity index (χ0v) is 12.8. The molecule has 0 aliphatic carbocycles. The van der Waals surface area contributed by atoms with Gasteiger partial charge in [0.25, 0.3) is 5.91 Å². The number of thiophene rings is 1. The predicted octanol–water partition coefficient (Wildman–Crippen LogP) is 2.80. The van der Waals surface area contributed by atoms with Crippen molar-refractivity contribution in [2.75, 3.05) is 5.73 Å². The lowest BCUT2D eigenvalue weighted by molar-refractivity contribution is 0.0955. The van der Waals surface area contributed by atoms with Crippen LogP contribution in [0.1, 0.15) is 15.4 Å². The molecule has 0 saturated heterocycles. The van der Waals surface area contributed by atoms with Crippen LogP contribution in [0.5, 0.6) is 0 Å². The minimum atomic E-state index is -0.213. The first-order valence-corrected chi connectivity index (χ1v) is 7.49. The minimum Gasteiger partial charge on any atom is -0.397 e. The number of rotatable bonds is 3. The second-order valence-corrected chi connectivity index (χ2v) is 6.08. The summed E-state index contributed by atoms with van der Waals surface area (Å²) in [5, 5.41) is 8.33. The van der Waals surface area contributed by atoms with Gasteiger partial charge in [-0.1, -0.05) is 17.7 Å². The predicted molar refractivity (Wildman–Crippen MR) is 85.6 cm³/mol. The molecule has 0 fully saturated rings. The maximum absolute atomic E-state index is 12.3. The first-order chi connectivity index (χ1) is 10.1. The summed E-state index contributed by atoms with van der Waals surface area (Å²) in [4.78, 5) is 12.7. The number of nitrogens with two attached hydrogens (primary N) is 1. The quantitative estimate of drug-likeness (QED) is 0.779. The van der Waals surface area contributed by atoms with E-state index in [9.17, 15) is 4.79 Å². The van der Waals surface area contributed by atoms with Crippen molar-refractivity contribution in [2.24, 2.45) is 7.05 Å². The highest BCUT2D eigenvalue weighted by Crippen LogP contribution is 2.37. The summed E-state index contributed by atoms with van der Waals surface area (Å²) >= 11 is 7.48. The molecule has 0 aliphatic heterocycles. The van der Waals surface area contributed by atoms with Crippen molar-refractivity contribution in [3.8, 4) is 0 Å². The summed E-state index contributed by atoms with van der Waals surface area (Å²) < 4.78 is 2.60. The van der Waals surface area contributed by atoms with Gasteiger partial charge in [-0.05, 0) is 18.2 Å². The number of hydrogen-bond donors (Lipinski definition) is 2. The molecule has 3 aromatic rings. The number of benzene rings is 1. The molecule has 5 nitrogen and oxygen atoms in total. The molecule has 0 radical (unpaired) electrons. The summed E-state index contributed by atoms with van der Waals surface area (Å²) in [5.41, 5.74) is 7.28. The molecule has 7 heteroatoms. The normalized spacial score (nSPS) is 11.0. The first-order valence-electron chi connectivity index (χ1n) is 6.29. The van der Waals surface area contributed by atoms with Gasteiger partial charge in [-0.25, -0.2) is 0 Å². The Hall–Kier alpha value is -2.05. The van der Waals surface area contributed by atoms with Crippen molar-refractivity contribution in [3.63, 3.8) is 0 Å². The second kappa shape index (κ2) is 5.38. The Morgan fingerprint density at radius 3 is 2.95 bits per heavy atom. The molecule has 3 rings (SSSR count). The van der Waals surface area contributed by atoms with Crippen LogP contribution in [0, 0.1) is 0 Å². The van der Waals surface area contributed by atoms with Crippen LogP contribution in [0.15, 0.2) is 30.5 Å². The summed E-state index contributed by atoms with van der Waals surface area (Å²) in [5.74, 6) is -0.213. The monoisotopic (exact) mass is 320 g/mol. The van der Waals surface area contributed by atoms with Crippen LogP contribution in [-0.4, -0.2) is 15.7 Å².